The van der Waals surface area contributed by atoms with E-state index >= 15 is 0 Å². The third-order valence-corrected chi connectivity index (χ3v) is 1.37. The molecule has 0 aromatic carbocycles. The Morgan fingerprint density at radius 3 is 1.50 bits per heavy atom. The summed E-state index contributed by atoms with van der Waals surface area (Å²) in [5.74, 6) is 0. The van der Waals surface area contributed by atoms with Gasteiger partial charge in [0, 0.05) is 12.8 Å². The van der Waals surface area contributed by atoms with Gasteiger partial charge in [-0.3, -0.25) is 0 Å². The molecular formula is C7H10F6N-. The van der Waals surface area contributed by atoms with Gasteiger partial charge in [-0.15, -0.1) is 6.04 Å². The van der Waals surface area contributed by atoms with Crippen LogP contribution in [0.5, 0.6) is 0 Å². The molecule has 0 amide bonds. The fraction of sp³-hybridized carbons (Fsp3) is 1.00. The van der Waals surface area contributed by atoms with Gasteiger partial charge in [0.1, 0.15) is 0 Å². The van der Waals surface area contributed by atoms with E-state index in [9.17, 15) is 26.3 Å². The van der Waals surface area contributed by atoms with Gasteiger partial charge in [0.2, 0.25) is 0 Å². The Morgan fingerprint density at radius 1 is 0.929 bits per heavy atom. The molecule has 7 heteroatoms. The molecule has 0 aromatic rings. The molecule has 0 heterocycles. The largest absolute Gasteiger partial charge is 0.659 e. The van der Waals surface area contributed by atoms with E-state index in [4.69, 9.17) is 0 Å². The first-order valence-corrected chi connectivity index (χ1v) is 3.94. The minimum Gasteiger partial charge on any atom is -0.659 e. The zero-order valence-corrected chi connectivity index (χ0v) is 7.41. The van der Waals surface area contributed by atoms with Crippen LogP contribution in [-0.4, -0.2) is 24.9 Å². The van der Waals surface area contributed by atoms with Crippen molar-refractivity contribution in [2.75, 3.05) is 6.54 Å². The third kappa shape index (κ3) is 8.15. The second kappa shape index (κ2) is 4.86. The van der Waals surface area contributed by atoms with Crippen molar-refractivity contribution in [1.29, 1.82) is 0 Å². The first-order valence-electron chi connectivity index (χ1n) is 3.94. The highest BCUT2D eigenvalue weighted by Crippen LogP contribution is 2.32. The molecule has 0 N–H and O–H groups in total. The van der Waals surface area contributed by atoms with E-state index in [-0.39, 0.29) is 6.54 Å². The molecule has 0 saturated heterocycles. The maximum absolute atomic E-state index is 11.8. The lowest BCUT2D eigenvalue weighted by Gasteiger charge is -2.31. The molecule has 14 heavy (non-hydrogen) atoms. The molecule has 0 aromatic heterocycles. The Kier molecular flexibility index (Phi) is 4.70. The maximum atomic E-state index is 11.8. The van der Waals surface area contributed by atoms with Gasteiger partial charge < -0.3 is 5.32 Å². The SMILES string of the molecule is CC[N-]C(CC(F)(F)F)CC(F)(F)F. The topological polar surface area (TPSA) is 14.1 Å². The molecule has 0 spiro atoms. The van der Waals surface area contributed by atoms with Crippen LogP contribution in [0.4, 0.5) is 26.3 Å². The van der Waals surface area contributed by atoms with Crippen LogP contribution in [0, 0.1) is 0 Å². The summed E-state index contributed by atoms with van der Waals surface area (Å²) in [6.45, 7) is 1.36. The molecule has 0 aliphatic heterocycles. The molecule has 1 nitrogen and oxygen atoms in total. The Bertz CT molecular complexity index is 145. The minimum absolute atomic E-state index is 0.0448. The lowest BCUT2D eigenvalue weighted by atomic mass is 10.1. The van der Waals surface area contributed by atoms with Crippen molar-refractivity contribution in [3.63, 3.8) is 0 Å². The average molecular weight is 222 g/mol. The Balaban J connectivity index is 4.16. The zero-order valence-electron chi connectivity index (χ0n) is 7.41. The minimum atomic E-state index is -4.60. The number of halogens is 6. The molecule has 0 aliphatic rings. The van der Waals surface area contributed by atoms with E-state index in [0.29, 0.717) is 0 Å². The van der Waals surface area contributed by atoms with Crippen LogP contribution in [0.15, 0.2) is 0 Å². The summed E-state index contributed by atoms with van der Waals surface area (Å²) >= 11 is 0. The predicted molar refractivity (Wildman–Crippen MR) is 39.0 cm³/mol. The van der Waals surface area contributed by atoms with Crippen LogP contribution >= 0.6 is 0 Å². The number of nitrogens with zero attached hydrogens (tertiary/aromatic N) is 1. The van der Waals surface area contributed by atoms with Crippen molar-refractivity contribution < 1.29 is 26.3 Å². The zero-order chi connectivity index (χ0) is 11.4. The van der Waals surface area contributed by atoms with E-state index in [1.165, 1.54) is 6.92 Å². The van der Waals surface area contributed by atoms with Crippen LogP contribution in [0.25, 0.3) is 5.32 Å². The van der Waals surface area contributed by atoms with Gasteiger partial charge in [-0.05, 0) is 0 Å². The van der Waals surface area contributed by atoms with E-state index in [1.807, 2.05) is 0 Å². The summed E-state index contributed by atoms with van der Waals surface area (Å²) in [4.78, 5) is 0. The molecule has 0 fully saturated rings. The Labute approximate surface area is 77.5 Å². The second-order valence-corrected chi connectivity index (χ2v) is 2.79. The van der Waals surface area contributed by atoms with Gasteiger partial charge >= 0.3 is 12.4 Å². The van der Waals surface area contributed by atoms with E-state index in [0.717, 1.165) is 0 Å². The molecule has 86 valence electrons. The summed E-state index contributed by atoms with van der Waals surface area (Å²) in [5, 5.41) is 3.25. The standard InChI is InChI=1S/C7H10F6N/c1-2-14-5(3-6(8,9)10)4-7(11,12)13/h5H,2-4H2,1H3/q-1. The average Bonchev–Trinajstić information content (AvgIpc) is 1.78. The lowest BCUT2D eigenvalue weighted by Crippen LogP contribution is -2.25. The van der Waals surface area contributed by atoms with Gasteiger partial charge in [-0.25, -0.2) is 0 Å². The van der Waals surface area contributed by atoms with Crippen molar-refractivity contribution >= 4 is 0 Å². The Hall–Kier alpha value is -0.460. The highest BCUT2D eigenvalue weighted by molar-refractivity contribution is 4.92. The van der Waals surface area contributed by atoms with Gasteiger partial charge in [-0.1, -0.05) is 6.92 Å². The summed E-state index contributed by atoms with van der Waals surface area (Å²) in [6.07, 6.45) is -12.2. The smallest absolute Gasteiger partial charge is 0.387 e. The number of alkyl halides is 6. The van der Waals surface area contributed by atoms with Crippen molar-refractivity contribution in [2.45, 2.75) is 38.2 Å². The number of hydrogen-bond donors (Lipinski definition) is 0. The second-order valence-electron chi connectivity index (χ2n) is 2.79. The molecule has 0 aliphatic carbocycles. The van der Waals surface area contributed by atoms with Crippen molar-refractivity contribution in [3.8, 4) is 0 Å². The molecular weight excluding hydrogens is 212 g/mol. The van der Waals surface area contributed by atoms with E-state index in [1.54, 1.807) is 0 Å². The Morgan fingerprint density at radius 2 is 1.29 bits per heavy atom. The van der Waals surface area contributed by atoms with Gasteiger partial charge in [0.05, 0.1) is 0 Å². The van der Waals surface area contributed by atoms with Crippen LogP contribution in [-0.2, 0) is 0 Å². The summed E-state index contributed by atoms with van der Waals surface area (Å²) in [7, 11) is 0. The van der Waals surface area contributed by atoms with Crippen LogP contribution < -0.4 is 0 Å². The molecule has 0 atom stereocenters. The quantitative estimate of drug-likeness (QED) is 0.644. The normalized spacial score (nSPS) is 13.7. The first kappa shape index (κ1) is 13.5. The lowest BCUT2D eigenvalue weighted by molar-refractivity contribution is -0.159. The maximum Gasteiger partial charge on any atom is 0.387 e. The van der Waals surface area contributed by atoms with Crippen LogP contribution in [0.3, 0.4) is 0 Å². The van der Waals surface area contributed by atoms with Crippen LogP contribution in [0.1, 0.15) is 19.8 Å². The molecule has 0 rings (SSSR count). The predicted octanol–water partition coefficient (Wildman–Crippen LogP) is 3.65. The summed E-state index contributed by atoms with van der Waals surface area (Å²) in [6, 6.07) is -1.71. The molecule has 0 bridgehead atoms. The highest BCUT2D eigenvalue weighted by Gasteiger charge is 2.34. The van der Waals surface area contributed by atoms with Gasteiger partial charge in [0.25, 0.3) is 0 Å². The number of hydrogen-bond acceptors (Lipinski definition) is 0. The summed E-state index contributed by atoms with van der Waals surface area (Å²) < 4.78 is 70.7. The third-order valence-electron chi connectivity index (χ3n) is 1.37. The van der Waals surface area contributed by atoms with E-state index in [2.05, 4.69) is 5.32 Å². The fourth-order valence-electron chi connectivity index (χ4n) is 0.994. The first-order chi connectivity index (χ1) is 6.14. The van der Waals surface area contributed by atoms with Crippen LogP contribution in [0.2, 0.25) is 0 Å². The highest BCUT2D eigenvalue weighted by atomic mass is 19.4. The van der Waals surface area contributed by atoms with Gasteiger partial charge in [-0.2, -0.15) is 32.9 Å². The number of rotatable bonds is 4. The summed E-state index contributed by atoms with van der Waals surface area (Å²) in [5.41, 5.74) is 0. The molecule has 0 unspecified atom stereocenters. The van der Waals surface area contributed by atoms with Crippen molar-refractivity contribution in [3.05, 3.63) is 5.32 Å². The van der Waals surface area contributed by atoms with Crippen molar-refractivity contribution in [2.24, 2.45) is 0 Å². The van der Waals surface area contributed by atoms with Gasteiger partial charge in [0.15, 0.2) is 0 Å². The van der Waals surface area contributed by atoms with E-state index < -0.39 is 31.2 Å². The molecule has 0 saturated carbocycles. The fourth-order valence-corrected chi connectivity index (χ4v) is 0.994. The van der Waals surface area contributed by atoms with Crippen molar-refractivity contribution in [1.82, 2.24) is 0 Å². The monoisotopic (exact) mass is 222 g/mol. The molecule has 0 radical (unpaired) electrons.